The minimum Gasteiger partial charge on any atom is -0.330 e. The minimum atomic E-state index is 0.745. The van der Waals surface area contributed by atoms with E-state index < -0.39 is 0 Å². The average Bonchev–Trinajstić information content (AvgIpc) is 2.40. The quantitative estimate of drug-likeness (QED) is 0.832. The summed E-state index contributed by atoms with van der Waals surface area (Å²) in [4.78, 5) is 2.66. The zero-order chi connectivity index (χ0) is 13.0. The highest BCUT2D eigenvalue weighted by Gasteiger charge is 2.31. The van der Waals surface area contributed by atoms with Crippen LogP contribution in [-0.2, 0) is 0 Å². The van der Waals surface area contributed by atoms with Gasteiger partial charge in [-0.05, 0) is 57.0 Å². The molecule has 0 saturated heterocycles. The van der Waals surface area contributed by atoms with Gasteiger partial charge in [-0.2, -0.15) is 0 Å². The van der Waals surface area contributed by atoms with Crippen molar-refractivity contribution in [3.05, 3.63) is 0 Å². The van der Waals surface area contributed by atoms with Crippen LogP contribution in [0.25, 0.3) is 0 Å². The summed E-state index contributed by atoms with van der Waals surface area (Å²) in [5.74, 6) is 2.60. The Hall–Kier alpha value is -0.0800. The summed E-state index contributed by atoms with van der Waals surface area (Å²) in [6.07, 6.45) is 11.4. The van der Waals surface area contributed by atoms with Crippen LogP contribution in [0, 0.1) is 17.8 Å². The molecule has 0 amide bonds. The van der Waals surface area contributed by atoms with Crippen molar-refractivity contribution in [3.63, 3.8) is 0 Å². The number of nitrogens with two attached hydrogens (primary N) is 1. The second kappa shape index (κ2) is 6.91. The van der Waals surface area contributed by atoms with E-state index in [2.05, 4.69) is 18.9 Å². The molecule has 2 rings (SSSR count). The largest absolute Gasteiger partial charge is 0.330 e. The summed E-state index contributed by atoms with van der Waals surface area (Å²) in [5, 5.41) is 0. The molecule has 0 bridgehead atoms. The Labute approximate surface area is 113 Å². The predicted octanol–water partition coefficient (Wildman–Crippen LogP) is 3.26. The molecule has 0 heterocycles. The maximum absolute atomic E-state index is 5.98. The van der Waals surface area contributed by atoms with Gasteiger partial charge in [-0.25, -0.2) is 0 Å². The molecule has 0 spiro atoms. The van der Waals surface area contributed by atoms with Gasteiger partial charge in [0.05, 0.1) is 0 Å². The number of rotatable bonds is 4. The molecule has 0 aliphatic heterocycles. The predicted molar refractivity (Wildman–Crippen MR) is 78.6 cm³/mol. The normalized spacial score (nSPS) is 35.0. The Bertz CT molecular complexity index is 235. The molecule has 2 aliphatic rings. The van der Waals surface area contributed by atoms with E-state index in [1.165, 1.54) is 57.9 Å². The van der Waals surface area contributed by atoms with Crippen LogP contribution < -0.4 is 5.73 Å². The molecule has 2 fully saturated rings. The molecule has 2 heteroatoms. The molecule has 3 unspecified atom stereocenters. The molecular formula is C16H32N2. The summed E-state index contributed by atoms with van der Waals surface area (Å²) in [7, 11) is 2.35. The Morgan fingerprint density at radius 1 is 1.06 bits per heavy atom. The standard InChI is InChI=1S/C16H32N2/c1-13-8-9-15(11-17)16(10-13)18(2)12-14-6-4-3-5-7-14/h13-16H,3-12,17H2,1-2H3. The third kappa shape index (κ3) is 3.71. The van der Waals surface area contributed by atoms with Gasteiger partial charge < -0.3 is 10.6 Å². The second-order valence-electron chi connectivity index (χ2n) is 6.92. The molecule has 106 valence electrons. The van der Waals surface area contributed by atoms with Gasteiger partial charge in [0.2, 0.25) is 0 Å². The highest BCUT2D eigenvalue weighted by molar-refractivity contribution is 4.86. The smallest absolute Gasteiger partial charge is 0.0135 e. The fraction of sp³-hybridized carbons (Fsp3) is 1.00. The Morgan fingerprint density at radius 2 is 1.78 bits per heavy atom. The van der Waals surface area contributed by atoms with Crippen molar-refractivity contribution in [1.29, 1.82) is 0 Å². The van der Waals surface area contributed by atoms with Crippen LogP contribution in [0.1, 0.15) is 58.3 Å². The Kier molecular flexibility index (Phi) is 5.50. The fourth-order valence-electron chi connectivity index (χ4n) is 4.14. The molecule has 0 aromatic heterocycles. The number of hydrogen-bond acceptors (Lipinski definition) is 2. The van der Waals surface area contributed by atoms with Crippen LogP contribution in [0.4, 0.5) is 0 Å². The molecule has 0 aromatic rings. The monoisotopic (exact) mass is 252 g/mol. The van der Waals surface area contributed by atoms with Gasteiger partial charge >= 0.3 is 0 Å². The molecule has 2 N–H and O–H groups in total. The molecule has 2 nitrogen and oxygen atoms in total. The van der Waals surface area contributed by atoms with Gasteiger partial charge in [-0.1, -0.05) is 32.6 Å². The third-order valence-electron chi connectivity index (χ3n) is 5.36. The van der Waals surface area contributed by atoms with E-state index in [1.54, 1.807) is 0 Å². The average molecular weight is 252 g/mol. The molecule has 18 heavy (non-hydrogen) atoms. The van der Waals surface area contributed by atoms with Crippen molar-refractivity contribution in [3.8, 4) is 0 Å². The van der Waals surface area contributed by atoms with Crippen molar-refractivity contribution in [1.82, 2.24) is 4.90 Å². The van der Waals surface area contributed by atoms with E-state index in [9.17, 15) is 0 Å². The number of nitrogens with zero attached hydrogens (tertiary/aromatic N) is 1. The first-order chi connectivity index (χ1) is 8.70. The Balaban J connectivity index is 1.86. The van der Waals surface area contributed by atoms with Crippen LogP contribution in [0.3, 0.4) is 0 Å². The molecule has 2 saturated carbocycles. The van der Waals surface area contributed by atoms with Crippen molar-refractivity contribution in [2.75, 3.05) is 20.1 Å². The first-order valence-electron chi connectivity index (χ1n) is 8.11. The van der Waals surface area contributed by atoms with Gasteiger partial charge in [0.25, 0.3) is 0 Å². The zero-order valence-corrected chi connectivity index (χ0v) is 12.4. The van der Waals surface area contributed by atoms with Crippen LogP contribution in [0.5, 0.6) is 0 Å². The summed E-state index contributed by atoms with van der Waals surface area (Å²) < 4.78 is 0. The molecular weight excluding hydrogens is 220 g/mol. The van der Waals surface area contributed by atoms with E-state index in [4.69, 9.17) is 5.73 Å². The van der Waals surface area contributed by atoms with Gasteiger partial charge in [-0.15, -0.1) is 0 Å². The lowest BCUT2D eigenvalue weighted by Gasteiger charge is -2.41. The van der Waals surface area contributed by atoms with Gasteiger partial charge in [-0.3, -0.25) is 0 Å². The lowest BCUT2D eigenvalue weighted by Crippen LogP contribution is -2.46. The Morgan fingerprint density at radius 3 is 2.44 bits per heavy atom. The summed E-state index contributed by atoms with van der Waals surface area (Å²) >= 11 is 0. The van der Waals surface area contributed by atoms with Gasteiger partial charge in [0.1, 0.15) is 0 Å². The van der Waals surface area contributed by atoms with E-state index in [1.807, 2.05) is 0 Å². The lowest BCUT2D eigenvalue weighted by molar-refractivity contribution is 0.0878. The first kappa shape index (κ1) is 14.3. The van der Waals surface area contributed by atoms with E-state index in [0.29, 0.717) is 0 Å². The van der Waals surface area contributed by atoms with E-state index in [-0.39, 0.29) is 0 Å². The summed E-state index contributed by atoms with van der Waals surface area (Å²) in [6.45, 7) is 4.61. The lowest BCUT2D eigenvalue weighted by atomic mass is 9.78. The molecule has 0 radical (unpaired) electrons. The van der Waals surface area contributed by atoms with Crippen molar-refractivity contribution in [2.24, 2.45) is 23.5 Å². The van der Waals surface area contributed by atoms with Crippen molar-refractivity contribution >= 4 is 0 Å². The van der Waals surface area contributed by atoms with E-state index >= 15 is 0 Å². The minimum absolute atomic E-state index is 0.745. The van der Waals surface area contributed by atoms with Crippen LogP contribution in [-0.4, -0.2) is 31.1 Å². The highest BCUT2D eigenvalue weighted by Crippen LogP contribution is 2.33. The first-order valence-corrected chi connectivity index (χ1v) is 8.11. The summed E-state index contributed by atoms with van der Waals surface area (Å²) in [5.41, 5.74) is 5.98. The second-order valence-corrected chi connectivity index (χ2v) is 6.92. The third-order valence-corrected chi connectivity index (χ3v) is 5.36. The van der Waals surface area contributed by atoms with Crippen LogP contribution in [0.15, 0.2) is 0 Å². The topological polar surface area (TPSA) is 29.3 Å². The molecule has 0 aromatic carbocycles. The van der Waals surface area contributed by atoms with Crippen molar-refractivity contribution in [2.45, 2.75) is 64.3 Å². The summed E-state index contributed by atoms with van der Waals surface area (Å²) in [6, 6.07) is 0.751. The maximum atomic E-state index is 5.98. The number of hydrogen-bond donors (Lipinski definition) is 1. The maximum Gasteiger partial charge on any atom is 0.0135 e. The zero-order valence-electron chi connectivity index (χ0n) is 12.4. The highest BCUT2D eigenvalue weighted by atomic mass is 15.1. The SMILES string of the molecule is CC1CCC(CN)C(N(C)CC2CCCCC2)C1. The van der Waals surface area contributed by atoms with Crippen LogP contribution >= 0.6 is 0 Å². The van der Waals surface area contributed by atoms with Crippen LogP contribution in [0.2, 0.25) is 0 Å². The molecule has 2 aliphatic carbocycles. The van der Waals surface area contributed by atoms with Gasteiger partial charge in [0, 0.05) is 12.6 Å². The van der Waals surface area contributed by atoms with Gasteiger partial charge in [0.15, 0.2) is 0 Å². The van der Waals surface area contributed by atoms with Crippen molar-refractivity contribution < 1.29 is 0 Å². The fourth-order valence-corrected chi connectivity index (χ4v) is 4.14. The molecule has 3 atom stereocenters. The van der Waals surface area contributed by atoms with E-state index in [0.717, 1.165) is 30.3 Å².